The molecule has 92 valence electrons. The monoisotopic (exact) mass is 246 g/mol. The number of oxazole rings is 1. The van der Waals surface area contributed by atoms with E-state index in [-0.39, 0.29) is 0 Å². The first-order valence-corrected chi connectivity index (χ1v) is 5.24. The average molecular weight is 246 g/mol. The molecule has 0 saturated heterocycles. The van der Waals surface area contributed by atoms with E-state index in [2.05, 4.69) is 15.2 Å². The van der Waals surface area contributed by atoms with Crippen molar-refractivity contribution in [2.75, 3.05) is 5.73 Å². The minimum absolute atomic E-state index is 0.367. The molecule has 4 N–H and O–H groups in total. The number of nitrogen functional groups attached to an aromatic ring is 1. The van der Waals surface area contributed by atoms with Crippen LogP contribution in [0.15, 0.2) is 27.4 Å². The molecule has 1 aromatic carbocycles. The third kappa shape index (κ3) is 1.71. The second-order valence-electron chi connectivity index (χ2n) is 3.89. The van der Waals surface area contributed by atoms with E-state index in [9.17, 15) is 4.79 Å². The van der Waals surface area contributed by atoms with Crippen LogP contribution in [0, 0.1) is 6.92 Å². The van der Waals surface area contributed by atoms with Crippen LogP contribution < -0.4 is 16.2 Å². The molecule has 0 unspecified atom stereocenters. The molecule has 3 aromatic rings. The molecule has 0 saturated carbocycles. The van der Waals surface area contributed by atoms with Crippen molar-refractivity contribution < 1.29 is 9.15 Å². The molecule has 0 fully saturated rings. The third-order valence-electron chi connectivity index (χ3n) is 2.45. The number of aromatic nitrogens is 3. The van der Waals surface area contributed by atoms with E-state index in [4.69, 9.17) is 14.9 Å². The average Bonchev–Trinajstić information content (AvgIpc) is 2.85. The van der Waals surface area contributed by atoms with Crippen LogP contribution in [0.1, 0.15) is 5.69 Å². The number of nitrogens with two attached hydrogens (primary N) is 1. The molecule has 0 aliphatic heterocycles. The van der Waals surface area contributed by atoms with Crippen LogP contribution in [0.2, 0.25) is 0 Å². The maximum Gasteiger partial charge on any atom is 0.417 e. The first-order valence-electron chi connectivity index (χ1n) is 5.24. The number of benzene rings is 1. The topological polar surface area (TPSA) is 110 Å². The van der Waals surface area contributed by atoms with Crippen molar-refractivity contribution in [1.82, 2.24) is 15.2 Å². The van der Waals surface area contributed by atoms with Crippen molar-refractivity contribution in [2.24, 2.45) is 0 Å². The number of fused-ring (bicyclic) bond motifs is 1. The Balaban J connectivity index is 2.05. The summed E-state index contributed by atoms with van der Waals surface area (Å²) in [7, 11) is 0. The lowest BCUT2D eigenvalue weighted by Crippen LogP contribution is -1.93. The number of nitrogens with zero attached hydrogens (tertiary/aromatic N) is 1. The van der Waals surface area contributed by atoms with Gasteiger partial charge in [-0.3, -0.25) is 10.1 Å². The number of aryl methyl sites for hydroxylation is 1. The zero-order valence-corrected chi connectivity index (χ0v) is 9.48. The fourth-order valence-electron chi connectivity index (χ4n) is 1.64. The van der Waals surface area contributed by atoms with Crippen LogP contribution >= 0.6 is 0 Å². The van der Waals surface area contributed by atoms with Crippen LogP contribution in [0.5, 0.6) is 11.6 Å². The largest absolute Gasteiger partial charge is 0.435 e. The standard InChI is InChI=1S/C11H10N4O3/c1-5-2-10(15-14-5)17-8-4-7-9(3-6(8)12)18-11(16)13-7/h2-4H,12H2,1H3,(H,13,16)(H,14,15). The molecule has 2 aromatic heterocycles. The van der Waals surface area contributed by atoms with Crippen molar-refractivity contribution in [1.29, 1.82) is 0 Å². The van der Waals surface area contributed by atoms with E-state index >= 15 is 0 Å². The summed E-state index contributed by atoms with van der Waals surface area (Å²) in [5.74, 6) is 0.285. The van der Waals surface area contributed by atoms with E-state index in [1.54, 1.807) is 12.1 Å². The van der Waals surface area contributed by atoms with Crippen molar-refractivity contribution in [3.05, 3.63) is 34.4 Å². The molecule has 0 spiro atoms. The predicted octanol–water partition coefficient (Wildman–Crippen LogP) is 1.53. The summed E-state index contributed by atoms with van der Waals surface area (Å²) in [6.45, 7) is 1.86. The van der Waals surface area contributed by atoms with Crippen molar-refractivity contribution in [3.8, 4) is 11.6 Å². The quantitative estimate of drug-likeness (QED) is 0.594. The lowest BCUT2D eigenvalue weighted by atomic mass is 10.2. The zero-order valence-electron chi connectivity index (χ0n) is 9.48. The highest BCUT2D eigenvalue weighted by Gasteiger charge is 2.09. The van der Waals surface area contributed by atoms with Gasteiger partial charge in [-0.25, -0.2) is 4.79 Å². The third-order valence-corrected chi connectivity index (χ3v) is 2.45. The van der Waals surface area contributed by atoms with E-state index in [1.807, 2.05) is 6.92 Å². The Kier molecular flexibility index (Phi) is 2.12. The number of rotatable bonds is 2. The Morgan fingerprint density at radius 2 is 2.22 bits per heavy atom. The molecule has 0 bridgehead atoms. The van der Waals surface area contributed by atoms with E-state index in [0.717, 1.165) is 5.69 Å². The first kappa shape index (κ1) is 10.5. The Hall–Kier alpha value is -2.70. The number of ether oxygens (including phenoxy) is 1. The van der Waals surface area contributed by atoms with Gasteiger partial charge in [0.05, 0.1) is 11.2 Å². The molecule has 0 aliphatic carbocycles. The summed E-state index contributed by atoms with van der Waals surface area (Å²) < 4.78 is 10.4. The van der Waals surface area contributed by atoms with Crippen LogP contribution in [0.3, 0.4) is 0 Å². The normalized spacial score (nSPS) is 10.9. The number of nitrogens with one attached hydrogen (secondary N) is 2. The molecule has 0 amide bonds. The van der Waals surface area contributed by atoms with Gasteiger partial charge in [0.25, 0.3) is 0 Å². The number of aromatic amines is 2. The lowest BCUT2D eigenvalue weighted by molar-refractivity contribution is 0.464. The van der Waals surface area contributed by atoms with Gasteiger partial charge in [0.2, 0.25) is 5.88 Å². The highest BCUT2D eigenvalue weighted by molar-refractivity contribution is 5.80. The minimum atomic E-state index is -0.530. The molecular formula is C11H10N4O3. The lowest BCUT2D eigenvalue weighted by Gasteiger charge is -2.04. The summed E-state index contributed by atoms with van der Waals surface area (Å²) >= 11 is 0. The number of hydrogen-bond donors (Lipinski definition) is 3. The van der Waals surface area contributed by atoms with Crippen molar-refractivity contribution in [3.63, 3.8) is 0 Å². The molecule has 0 aliphatic rings. The van der Waals surface area contributed by atoms with Gasteiger partial charge in [0, 0.05) is 23.9 Å². The van der Waals surface area contributed by atoms with Crippen LogP contribution in [-0.4, -0.2) is 15.2 Å². The number of hydrogen-bond acceptors (Lipinski definition) is 5. The highest BCUT2D eigenvalue weighted by Crippen LogP contribution is 2.30. The number of anilines is 1. The van der Waals surface area contributed by atoms with Gasteiger partial charge in [-0.05, 0) is 6.92 Å². The molecule has 7 nitrogen and oxygen atoms in total. The molecule has 7 heteroatoms. The maximum atomic E-state index is 11.1. The van der Waals surface area contributed by atoms with Crippen molar-refractivity contribution in [2.45, 2.75) is 6.92 Å². The summed E-state index contributed by atoms with van der Waals surface area (Å²) in [6.07, 6.45) is 0. The molecule has 0 radical (unpaired) electrons. The highest BCUT2D eigenvalue weighted by atomic mass is 16.5. The van der Waals surface area contributed by atoms with Crippen LogP contribution in [0.25, 0.3) is 11.1 Å². The maximum absolute atomic E-state index is 11.1. The van der Waals surface area contributed by atoms with Gasteiger partial charge in [0.15, 0.2) is 11.3 Å². The zero-order chi connectivity index (χ0) is 12.7. The molecule has 18 heavy (non-hydrogen) atoms. The second kappa shape index (κ2) is 3.66. The van der Waals surface area contributed by atoms with Gasteiger partial charge in [0.1, 0.15) is 0 Å². The van der Waals surface area contributed by atoms with Crippen LogP contribution in [0.4, 0.5) is 5.69 Å². The summed E-state index contributed by atoms with van der Waals surface area (Å²) in [5, 5.41) is 6.70. The summed E-state index contributed by atoms with van der Waals surface area (Å²) in [5.41, 5.74) is 7.97. The summed E-state index contributed by atoms with van der Waals surface area (Å²) in [6, 6.07) is 4.86. The summed E-state index contributed by atoms with van der Waals surface area (Å²) in [4.78, 5) is 13.6. The smallest absolute Gasteiger partial charge is 0.417 e. The Morgan fingerprint density at radius 3 is 2.94 bits per heavy atom. The fourth-order valence-corrected chi connectivity index (χ4v) is 1.64. The number of H-pyrrole nitrogens is 2. The van der Waals surface area contributed by atoms with Gasteiger partial charge in [-0.2, -0.15) is 0 Å². The van der Waals surface area contributed by atoms with E-state index < -0.39 is 5.76 Å². The van der Waals surface area contributed by atoms with E-state index in [1.165, 1.54) is 6.07 Å². The second-order valence-corrected chi connectivity index (χ2v) is 3.89. The van der Waals surface area contributed by atoms with Gasteiger partial charge < -0.3 is 14.9 Å². The molecular weight excluding hydrogens is 236 g/mol. The first-order chi connectivity index (χ1) is 8.61. The van der Waals surface area contributed by atoms with Crippen molar-refractivity contribution >= 4 is 16.8 Å². The molecule has 2 heterocycles. The molecule has 3 rings (SSSR count). The van der Waals surface area contributed by atoms with Crippen LogP contribution in [-0.2, 0) is 0 Å². The van der Waals surface area contributed by atoms with E-state index in [0.29, 0.717) is 28.4 Å². The Bertz CT molecular complexity index is 768. The SMILES string of the molecule is Cc1cc(Oc2cc3[nH]c(=O)oc3cc2N)n[nH]1. The van der Waals surface area contributed by atoms with Gasteiger partial charge in [-0.1, -0.05) is 0 Å². The Morgan fingerprint density at radius 1 is 1.39 bits per heavy atom. The minimum Gasteiger partial charge on any atom is -0.435 e. The Labute approximate surface area is 101 Å². The molecule has 0 atom stereocenters. The predicted molar refractivity (Wildman–Crippen MR) is 64.6 cm³/mol. The van der Waals surface area contributed by atoms with Gasteiger partial charge in [-0.15, -0.1) is 5.10 Å². The van der Waals surface area contributed by atoms with Gasteiger partial charge >= 0.3 is 5.76 Å². The fraction of sp³-hybridized carbons (Fsp3) is 0.0909.